The number of rotatable bonds is 8. The third-order valence-corrected chi connectivity index (χ3v) is 6.10. The van der Waals surface area contributed by atoms with E-state index in [-0.39, 0.29) is 17.2 Å². The highest BCUT2D eigenvalue weighted by molar-refractivity contribution is 9.10. The van der Waals surface area contributed by atoms with E-state index in [0.717, 1.165) is 24.1 Å². The fourth-order valence-corrected chi connectivity index (χ4v) is 4.13. The number of hydrogen-bond donors (Lipinski definition) is 1. The monoisotopic (exact) mass is 495 g/mol. The first-order valence-electron chi connectivity index (χ1n) is 10.1. The van der Waals surface area contributed by atoms with Gasteiger partial charge in [-0.3, -0.25) is 13.9 Å². The summed E-state index contributed by atoms with van der Waals surface area (Å²) in [5.74, 6) is 0.192. The third kappa shape index (κ3) is 4.49. The van der Waals surface area contributed by atoms with Crippen molar-refractivity contribution in [1.29, 1.82) is 0 Å². The topological polar surface area (TPSA) is 73.8 Å². The maximum absolute atomic E-state index is 13.1. The van der Waals surface area contributed by atoms with Crippen LogP contribution in [-0.2, 0) is 20.1 Å². The molecule has 0 aliphatic rings. The molecule has 0 radical (unpaired) electrons. The van der Waals surface area contributed by atoms with Crippen LogP contribution in [0.25, 0.3) is 11.2 Å². The maximum atomic E-state index is 13.1. The summed E-state index contributed by atoms with van der Waals surface area (Å²) >= 11 is 9.58. The van der Waals surface area contributed by atoms with Gasteiger partial charge in [-0.1, -0.05) is 37.9 Å². The van der Waals surface area contributed by atoms with Gasteiger partial charge in [-0.25, -0.2) is 9.78 Å². The van der Waals surface area contributed by atoms with Crippen molar-refractivity contribution < 1.29 is 0 Å². The summed E-state index contributed by atoms with van der Waals surface area (Å²) in [7, 11) is 1.66. The molecule has 0 spiro atoms. The van der Waals surface area contributed by atoms with E-state index in [9.17, 15) is 9.59 Å². The zero-order chi connectivity index (χ0) is 22.0. The summed E-state index contributed by atoms with van der Waals surface area (Å²) < 4.78 is 5.17. The standard InChI is InChI=1S/C21H27BrClN5O2/c1-5-6-9-27-19(29)17-18(26(4)21(27)30)25-20(22)28(17)12-13(2)11-24-16-10-15(23)8-7-14(16)3/h7-8,10,13,24H,5-6,9,11-12H2,1-4H3/t13-/m1/s1. The van der Waals surface area contributed by atoms with Gasteiger partial charge >= 0.3 is 5.69 Å². The molecule has 9 heteroatoms. The summed E-state index contributed by atoms with van der Waals surface area (Å²) in [6.07, 6.45) is 1.68. The SMILES string of the molecule is CCCCn1c(=O)c2c(nc(Br)n2C[C@H](C)CNc2cc(Cl)ccc2C)n(C)c1=O. The molecule has 0 unspecified atom stereocenters. The van der Waals surface area contributed by atoms with Crippen molar-refractivity contribution in [1.82, 2.24) is 18.7 Å². The Morgan fingerprint density at radius 3 is 2.70 bits per heavy atom. The molecule has 0 amide bonds. The van der Waals surface area contributed by atoms with Crippen LogP contribution >= 0.6 is 27.5 Å². The fourth-order valence-electron chi connectivity index (χ4n) is 3.47. The van der Waals surface area contributed by atoms with Crippen LogP contribution < -0.4 is 16.6 Å². The Bertz CT molecular complexity index is 1180. The molecule has 0 aliphatic heterocycles. The van der Waals surface area contributed by atoms with Crippen molar-refractivity contribution in [3.8, 4) is 0 Å². The minimum absolute atomic E-state index is 0.192. The average molecular weight is 497 g/mol. The minimum Gasteiger partial charge on any atom is -0.384 e. The van der Waals surface area contributed by atoms with Gasteiger partial charge in [0, 0.05) is 37.4 Å². The highest BCUT2D eigenvalue weighted by Gasteiger charge is 2.20. The van der Waals surface area contributed by atoms with Crippen LogP contribution in [0.15, 0.2) is 32.5 Å². The molecule has 0 bridgehead atoms. The lowest BCUT2D eigenvalue weighted by Gasteiger charge is -2.17. The van der Waals surface area contributed by atoms with Crippen molar-refractivity contribution in [3.63, 3.8) is 0 Å². The van der Waals surface area contributed by atoms with Crippen LogP contribution in [0.4, 0.5) is 5.69 Å². The quantitative estimate of drug-likeness (QED) is 0.475. The summed E-state index contributed by atoms with van der Waals surface area (Å²) in [4.78, 5) is 30.2. The van der Waals surface area contributed by atoms with E-state index in [1.165, 1.54) is 9.13 Å². The Morgan fingerprint density at radius 1 is 1.27 bits per heavy atom. The number of nitrogens with zero attached hydrogens (tertiary/aromatic N) is 4. The number of nitrogens with one attached hydrogen (secondary N) is 1. The maximum Gasteiger partial charge on any atom is 0.332 e. The molecule has 3 rings (SSSR count). The Kier molecular flexibility index (Phi) is 7.08. The molecule has 0 saturated carbocycles. The predicted molar refractivity (Wildman–Crippen MR) is 126 cm³/mol. The number of aromatic nitrogens is 4. The number of imidazole rings is 1. The summed E-state index contributed by atoms with van der Waals surface area (Å²) in [6.45, 7) is 7.84. The molecule has 2 aromatic heterocycles. The van der Waals surface area contributed by atoms with E-state index < -0.39 is 0 Å². The number of benzene rings is 1. The molecule has 1 aromatic carbocycles. The first-order valence-corrected chi connectivity index (χ1v) is 11.3. The zero-order valence-corrected chi connectivity index (χ0v) is 20.0. The summed E-state index contributed by atoms with van der Waals surface area (Å²) in [6, 6.07) is 5.76. The van der Waals surface area contributed by atoms with Gasteiger partial charge in [0.05, 0.1) is 0 Å². The van der Waals surface area contributed by atoms with Gasteiger partial charge in [0.2, 0.25) is 0 Å². The van der Waals surface area contributed by atoms with E-state index in [1.807, 2.05) is 36.6 Å². The normalized spacial score (nSPS) is 12.5. The number of aryl methyl sites for hydroxylation is 2. The van der Waals surface area contributed by atoms with Gasteiger partial charge in [-0.05, 0) is 52.9 Å². The lowest BCUT2D eigenvalue weighted by molar-refractivity contribution is 0.502. The molecule has 0 fully saturated rings. The predicted octanol–water partition coefficient (Wildman–Crippen LogP) is 4.17. The van der Waals surface area contributed by atoms with Crippen LogP contribution in [0.2, 0.25) is 5.02 Å². The second-order valence-electron chi connectivity index (χ2n) is 7.76. The third-order valence-electron chi connectivity index (χ3n) is 5.26. The van der Waals surface area contributed by atoms with Gasteiger partial charge in [-0.15, -0.1) is 0 Å². The number of anilines is 1. The lowest BCUT2D eigenvalue weighted by atomic mass is 10.1. The Labute approximate surface area is 188 Å². The van der Waals surface area contributed by atoms with E-state index in [2.05, 4.69) is 33.2 Å². The van der Waals surface area contributed by atoms with Gasteiger partial charge in [-0.2, -0.15) is 0 Å². The lowest BCUT2D eigenvalue weighted by Crippen LogP contribution is -2.39. The van der Waals surface area contributed by atoms with Gasteiger partial charge in [0.15, 0.2) is 15.9 Å². The second-order valence-corrected chi connectivity index (χ2v) is 8.91. The summed E-state index contributed by atoms with van der Waals surface area (Å²) in [5.41, 5.74) is 2.35. The van der Waals surface area contributed by atoms with Gasteiger partial charge < -0.3 is 9.88 Å². The molecule has 0 aliphatic carbocycles. The molecule has 1 N–H and O–H groups in total. The average Bonchev–Trinajstić information content (AvgIpc) is 3.03. The Hall–Kier alpha value is -2.06. The van der Waals surface area contributed by atoms with E-state index in [1.54, 1.807) is 7.05 Å². The number of unbranched alkanes of at least 4 members (excludes halogenated alkanes) is 1. The van der Waals surface area contributed by atoms with Crippen molar-refractivity contribution in [2.45, 2.75) is 46.7 Å². The van der Waals surface area contributed by atoms with Crippen LogP contribution in [0.3, 0.4) is 0 Å². The van der Waals surface area contributed by atoms with Crippen LogP contribution in [0, 0.1) is 12.8 Å². The molecule has 30 heavy (non-hydrogen) atoms. The summed E-state index contributed by atoms with van der Waals surface area (Å²) in [5, 5.41) is 4.12. The molecular formula is C21H27BrClN5O2. The molecular weight excluding hydrogens is 470 g/mol. The molecule has 3 aromatic rings. The molecule has 7 nitrogen and oxygen atoms in total. The molecule has 0 saturated heterocycles. The molecule has 2 heterocycles. The van der Waals surface area contributed by atoms with Crippen molar-refractivity contribution in [3.05, 3.63) is 54.4 Å². The highest BCUT2D eigenvalue weighted by Crippen LogP contribution is 2.22. The Morgan fingerprint density at radius 2 is 2.00 bits per heavy atom. The number of fused-ring (bicyclic) bond motifs is 1. The number of halogens is 2. The van der Waals surface area contributed by atoms with Crippen molar-refractivity contribution >= 4 is 44.4 Å². The zero-order valence-electron chi connectivity index (χ0n) is 17.7. The Balaban J connectivity index is 1.91. The van der Waals surface area contributed by atoms with Crippen LogP contribution in [0.1, 0.15) is 32.3 Å². The van der Waals surface area contributed by atoms with Crippen molar-refractivity contribution in [2.24, 2.45) is 13.0 Å². The first kappa shape index (κ1) is 22.6. The van der Waals surface area contributed by atoms with Crippen LogP contribution in [0.5, 0.6) is 0 Å². The highest BCUT2D eigenvalue weighted by atomic mass is 79.9. The van der Waals surface area contributed by atoms with Crippen LogP contribution in [-0.4, -0.2) is 25.2 Å². The van der Waals surface area contributed by atoms with E-state index in [4.69, 9.17) is 11.6 Å². The largest absolute Gasteiger partial charge is 0.384 e. The molecule has 1 atom stereocenters. The first-order chi connectivity index (χ1) is 14.2. The van der Waals surface area contributed by atoms with E-state index in [0.29, 0.717) is 40.6 Å². The molecule has 162 valence electrons. The van der Waals surface area contributed by atoms with Crippen molar-refractivity contribution in [2.75, 3.05) is 11.9 Å². The van der Waals surface area contributed by atoms with Gasteiger partial charge in [0.25, 0.3) is 5.56 Å². The minimum atomic E-state index is -0.329. The van der Waals surface area contributed by atoms with Gasteiger partial charge in [0.1, 0.15) is 0 Å². The smallest absolute Gasteiger partial charge is 0.332 e. The number of hydrogen-bond acceptors (Lipinski definition) is 4. The second kappa shape index (κ2) is 9.39. The van der Waals surface area contributed by atoms with E-state index >= 15 is 0 Å². The fraction of sp³-hybridized carbons (Fsp3) is 0.476.